The summed E-state index contributed by atoms with van der Waals surface area (Å²) in [6.07, 6.45) is 73.6. The molecule has 0 radical (unpaired) electrons. The highest BCUT2D eigenvalue weighted by molar-refractivity contribution is 7.47. The predicted molar refractivity (Wildman–Crippen MR) is 446 cm³/mol. The first kappa shape index (κ1) is 106. The van der Waals surface area contributed by atoms with E-state index in [0.717, 1.165) is 102 Å². The Labute approximate surface area is 664 Å². The van der Waals surface area contributed by atoms with E-state index in [1.165, 1.54) is 295 Å². The fourth-order valence-corrected chi connectivity index (χ4v) is 15.5. The zero-order valence-corrected chi connectivity index (χ0v) is 73.0. The minimum atomic E-state index is -4.97. The van der Waals surface area contributed by atoms with E-state index in [9.17, 15) is 43.2 Å². The molecule has 19 heteroatoms. The Balaban J connectivity index is 5.21. The molecule has 642 valence electrons. The fourth-order valence-electron chi connectivity index (χ4n) is 14.0. The number of ether oxygens (including phenoxy) is 4. The summed E-state index contributed by atoms with van der Waals surface area (Å²) in [6, 6.07) is 0. The molecular formula is C89H174O17P2. The van der Waals surface area contributed by atoms with Gasteiger partial charge in [-0.2, -0.15) is 0 Å². The van der Waals surface area contributed by atoms with Crippen LogP contribution in [0.3, 0.4) is 0 Å². The Kier molecular flexibility index (Phi) is 78.8. The third kappa shape index (κ3) is 82.1. The monoisotopic (exact) mass is 1580 g/mol. The SMILES string of the molecule is CCCCCCCCCCCCCCCCCCC(=O)O[C@H](COC(=O)CCCCCCCCCCCC)COP(=O)(O)OC[C@H](O)COP(=O)(O)OC[C@@H](COC(=O)CCCCCCCCCCCCCCCCCCCCC(C)C)OC(=O)CCCCCCCCCCCCCCCCCCCCC(C)C. The minimum Gasteiger partial charge on any atom is -0.462 e. The van der Waals surface area contributed by atoms with Crippen LogP contribution in [0, 0.1) is 11.8 Å². The average Bonchev–Trinajstić information content (AvgIpc) is 0.902. The van der Waals surface area contributed by atoms with Crippen molar-refractivity contribution in [2.24, 2.45) is 11.8 Å². The molecule has 17 nitrogen and oxygen atoms in total. The van der Waals surface area contributed by atoms with Crippen molar-refractivity contribution in [2.45, 2.75) is 496 Å². The molecule has 0 aromatic rings. The molecule has 3 N–H and O–H groups in total. The maximum atomic E-state index is 13.2. The molecule has 0 saturated carbocycles. The number of aliphatic hydroxyl groups is 1. The Morgan fingerprint density at radius 2 is 0.426 bits per heavy atom. The summed E-state index contributed by atoms with van der Waals surface area (Å²) < 4.78 is 69.0. The van der Waals surface area contributed by atoms with Crippen LogP contribution in [-0.2, 0) is 65.4 Å². The second-order valence-corrected chi connectivity index (χ2v) is 35.8. The van der Waals surface area contributed by atoms with Crippen LogP contribution in [-0.4, -0.2) is 96.7 Å². The van der Waals surface area contributed by atoms with Gasteiger partial charge in [0.25, 0.3) is 0 Å². The van der Waals surface area contributed by atoms with E-state index in [-0.39, 0.29) is 25.7 Å². The molecule has 0 aromatic carbocycles. The normalized spacial score (nSPS) is 13.8. The molecule has 0 fully saturated rings. The van der Waals surface area contributed by atoms with Crippen molar-refractivity contribution in [1.29, 1.82) is 0 Å². The van der Waals surface area contributed by atoms with Gasteiger partial charge in [-0.1, -0.05) is 427 Å². The number of rotatable bonds is 88. The molecule has 0 aliphatic rings. The van der Waals surface area contributed by atoms with Gasteiger partial charge in [0.15, 0.2) is 12.2 Å². The standard InChI is InChI=1S/C89H174O17P2/c1-7-9-11-13-15-17-19-20-21-32-38-43-49-55-61-67-73-88(93)105-84(77-99-86(91)71-65-59-53-47-18-16-14-12-10-8-2)79-103-107(95,96)101-75-83(90)76-102-108(97,98)104-80-85(106-89(94)74-68-62-56-50-44-39-34-29-25-23-27-31-36-41-46-52-58-64-70-82(5)6)78-100-87(92)72-66-60-54-48-42-37-33-28-24-22-26-30-35-40-45-51-57-63-69-81(3)4/h81-85,90H,7-80H2,1-6H3,(H,95,96)(H,97,98)/t83-,84+,85+/m0/s1. The van der Waals surface area contributed by atoms with Gasteiger partial charge in [0.1, 0.15) is 19.3 Å². The van der Waals surface area contributed by atoms with Crippen LogP contribution in [0.2, 0.25) is 0 Å². The quantitative estimate of drug-likeness (QED) is 0.0222. The molecule has 0 bridgehead atoms. The molecule has 108 heavy (non-hydrogen) atoms. The Morgan fingerprint density at radius 1 is 0.250 bits per heavy atom. The van der Waals surface area contributed by atoms with E-state index in [1.807, 2.05) is 0 Å². The van der Waals surface area contributed by atoms with Gasteiger partial charge < -0.3 is 33.8 Å². The summed E-state index contributed by atoms with van der Waals surface area (Å²) in [4.78, 5) is 73.3. The van der Waals surface area contributed by atoms with E-state index >= 15 is 0 Å². The predicted octanol–water partition coefficient (Wildman–Crippen LogP) is 27.4. The summed E-state index contributed by atoms with van der Waals surface area (Å²) in [5.41, 5.74) is 0. The van der Waals surface area contributed by atoms with Crippen molar-refractivity contribution in [2.75, 3.05) is 39.6 Å². The summed E-state index contributed by atoms with van der Waals surface area (Å²) in [5, 5.41) is 10.7. The Hall–Kier alpha value is -1.94. The zero-order valence-electron chi connectivity index (χ0n) is 71.2. The van der Waals surface area contributed by atoms with Gasteiger partial charge in [0, 0.05) is 25.7 Å². The summed E-state index contributed by atoms with van der Waals surface area (Å²) in [6.45, 7) is 9.76. The average molecular weight is 1580 g/mol. The number of hydrogen-bond acceptors (Lipinski definition) is 15. The molecule has 5 atom stereocenters. The van der Waals surface area contributed by atoms with E-state index in [2.05, 4.69) is 41.5 Å². The minimum absolute atomic E-state index is 0.109. The second-order valence-electron chi connectivity index (χ2n) is 32.9. The van der Waals surface area contributed by atoms with Gasteiger partial charge in [-0.3, -0.25) is 37.3 Å². The van der Waals surface area contributed by atoms with Crippen LogP contribution < -0.4 is 0 Å². The van der Waals surface area contributed by atoms with Crippen molar-refractivity contribution >= 4 is 39.5 Å². The molecule has 2 unspecified atom stereocenters. The van der Waals surface area contributed by atoms with E-state index in [4.69, 9.17) is 37.0 Å². The Morgan fingerprint density at radius 3 is 0.630 bits per heavy atom. The first-order valence-corrected chi connectivity index (χ1v) is 49.0. The van der Waals surface area contributed by atoms with Gasteiger partial charge in [0.05, 0.1) is 26.4 Å². The number of carbonyl (C=O) groups is 4. The lowest BCUT2D eigenvalue weighted by Crippen LogP contribution is -2.30. The van der Waals surface area contributed by atoms with Gasteiger partial charge in [0.2, 0.25) is 0 Å². The third-order valence-electron chi connectivity index (χ3n) is 21.0. The molecule has 0 aromatic heterocycles. The lowest BCUT2D eigenvalue weighted by molar-refractivity contribution is -0.161. The molecule has 0 rings (SSSR count). The van der Waals surface area contributed by atoms with Crippen LogP contribution >= 0.6 is 15.6 Å². The summed E-state index contributed by atoms with van der Waals surface area (Å²) >= 11 is 0. The number of esters is 4. The number of phosphoric ester groups is 2. The summed E-state index contributed by atoms with van der Waals surface area (Å²) in [7, 11) is -9.93. The van der Waals surface area contributed by atoms with Gasteiger partial charge in [-0.05, 0) is 37.5 Å². The summed E-state index contributed by atoms with van der Waals surface area (Å²) in [5.74, 6) is -0.454. The van der Waals surface area contributed by atoms with E-state index in [0.29, 0.717) is 25.7 Å². The smallest absolute Gasteiger partial charge is 0.462 e. The fraction of sp³-hybridized carbons (Fsp3) is 0.955. The number of phosphoric acid groups is 2. The van der Waals surface area contributed by atoms with Crippen LogP contribution in [0.5, 0.6) is 0 Å². The number of hydrogen-bond donors (Lipinski definition) is 3. The van der Waals surface area contributed by atoms with Crippen LogP contribution in [0.1, 0.15) is 478 Å². The zero-order chi connectivity index (χ0) is 79.2. The largest absolute Gasteiger partial charge is 0.472 e. The molecule has 0 amide bonds. The van der Waals surface area contributed by atoms with Crippen LogP contribution in [0.15, 0.2) is 0 Å². The topological polar surface area (TPSA) is 237 Å². The maximum Gasteiger partial charge on any atom is 0.472 e. The van der Waals surface area contributed by atoms with Crippen molar-refractivity contribution in [1.82, 2.24) is 0 Å². The van der Waals surface area contributed by atoms with Gasteiger partial charge >= 0.3 is 39.5 Å². The van der Waals surface area contributed by atoms with Crippen molar-refractivity contribution in [3.8, 4) is 0 Å². The van der Waals surface area contributed by atoms with Gasteiger partial charge in [-0.25, -0.2) is 9.13 Å². The number of aliphatic hydroxyl groups excluding tert-OH is 1. The molecule has 0 heterocycles. The van der Waals surface area contributed by atoms with E-state index < -0.39 is 97.5 Å². The molecule has 0 aliphatic carbocycles. The third-order valence-corrected chi connectivity index (χ3v) is 22.9. The van der Waals surface area contributed by atoms with Crippen LogP contribution in [0.25, 0.3) is 0 Å². The van der Waals surface area contributed by atoms with Crippen molar-refractivity contribution < 1.29 is 80.2 Å². The highest BCUT2D eigenvalue weighted by Gasteiger charge is 2.31. The first-order chi connectivity index (χ1) is 52.4. The Bertz CT molecular complexity index is 2060. The van der Waals surface area contributed by atoms with Crippen LogP contribution in [0.4, 0.5) is 0 Å². The molecule has 0 aliphatic heterocycles. The van der Waals surface area contributed by atoms with Crippen molar-refractivity contribution in [3.63, 3.8) is 0 Å². The molecule has 0 saturated heterocycles. The van der Waals surface area contributed by atoms with Gasteiger partial charge in [-0.15, -0.1) is 0 Å². The lowest BCUT2D eigenvalue weighted by atomic mass is 10.0. The molecular weight excluding hydrogens is 1400 g/mol. The lowest BCUT2D eigenvalue weighted by Gasteiger charge is -2.21. The highest BCUT2D eigenvalue weighted by atomic mass is 31.2. The number of unbranched alkanes of at least 4 members (excludes halogenated alkanes) is 58. The maximum absolute atomic E-state index is 13.2. The first-order valence-electron chi connectivity index (χ1n) is 46.0. The van der Waals surface area contributed by atoms with Crippen molar-refractivity contribution in [3.05, 3.63) is 0 Å². The number of carbonyl (C=O) groups excluding carboxylic acids is 4. The molecule has 0 spiro atoms. The van der Waals surface area contributed by atoms with E-state index in [1.54, 1.807) is 0 Å². The highest BCUT2D eigenvalue weighted by Crippen LogP contribution is 2.45. The second kappa shape index (κ2) is 80.3.